The van der Waals surface area contributed by atoms with Crippen LogP contribution in [0.5, 0.6) is 5.75 Å². The lowest BCUT2D eigenvalue weighted by molar-refractivity contribution is -0.714. The van der Waals surface area contributed by atoms with Crippen molar-refractivity contribution in [1.29, 1.82) is 0 Å². The molecule has 0 radical (unpaired) electrons. The van der Waals surface area contributed by atoms with E-state index in [4.69, 9.17) is 4.74 Å². The number of quaternary nitrogens is 1. The van der Waals surface area contributed by atoms with Crippen LogP contribution in [0.25, 0.3) is 0 Å². The molecule has 1 saturated heterocycles. The molecule has 2 aromatic rings. The third kappa shape index (κ3) is 1.46. The summed E-state index contributed by atoms with van der Waals surface area (Å²) in [5.74, 6) is 0.593. The molecule has 1 aromatic heterocycles. The van der Waals surface area contributed by atoms with Crippen LogP contribution in [0, 0.1) is 10.4 Å². The van der Waals surface area contributed by atoms with E-state index >= 15 is 0 Å². The Balaban J connectivity index is 1.81. The van der Waals surface area contributed by atoms with Gasteiger partial charge in [0.2, 0.25) is 0 Å². The Morgan fingerprint density at radius 2 is 2.10 bits per heavy atom. The van der Waals surface area contributed by atoms with Gasteiger partial charge in [-0.1, -0.05) is 12.1 Å². The van der Waals surface area contributed by atoms with Crippen LogP contribution in [0.2, 0.25) is 0 Å². The molecule has 3 heterocycles. The third-order valence-electron chi connectivity index (χ3n) is 3.93. The van der Waals surface area contributed by atoms with E-state index in [1.807, 2.05) is 23.1 Å². The van der Waals surface area contributed by atoms with Crippen LogP contribution in [0.4, 0.5) is 11.4 Å². The van der Waals surface area contributed by atoms with Crippen LogP contribution < -0.4 is 14.9 Å². The number of benzene rings is 1. The maximum absolute atomic E-state index is 11.3. The Labute approximate surface area is 115 Å². The van der Waals surface area contributed by atoms with Crippen molar-refractivity contribution in [2.75, 3.05) is 18.1 Å². The molecular formula is C14H12N3O3-. The van der Waals surface area contributed by atoms with E-state index in [2.05, 4.69) is 4.98 Å². The van der Waals surface area contributed by atoms with Crippen molar-refractivity contribution < 1.29 is 9.96 Å². The minimum atomic E-state index is -1.19. The van der Waals surface area contributed by atoms with E-state index in [0.717, 1.165) is 5.69 Å². The van der Waals surface area contributed by atoms with Gasteiger partial charge in [0.15, 0.2) is 5.69 Å². The van der Waals surface area contributed by atoms with Crippen molar-refractivity contribution in [1.82, 2.24) is 4.98 Å². The molecule has 6 nitrogen and oxygen atoms in total. The number of anilines is 1. The van der Waals surface area contributed by atoms with Gasteiger partial charge in [-0.3, -0.25) is 4.98 Å². The van der Waals surface area contributed by atoms with Gasteiger partial charge in [0.1, 0.15) is 23.6 Å². The Morgan fingerprint density at radius 3 is 2.85 bits per heavy atom. The Morgan fingerprint density at radius 1 is 1.20 bits per heavy atom. The summed E-state index contributed by atoms with van der Waals surface area (Å²) in [5.41, 5.74) is 1.34. The molecule has 102 valence electrons. The lowest BCUT2D eigenvalue weighted by Gasteiger charge is -2.32. The van der Waals surface area contributed by atoms with Crippen molar-refractivity contribution in [2.45, 2.75) is 5.54 Å². The fraction of sp³-hybridized carbons (Fsp3) is 0.214. The number of fused-ring (bicyclic) bond motifs is 3. The second-order valence-corrected chi connectivity index (χ2v) is 5.06. The molecule has 1 fully saturated rings. The average molecular weight is 270 g/mol. The Hall–Kier alpha value is -2.15. The summed E-state index contributed by atoms with van der Waals surface area (Å²) in [6.45, 7) is 1.19. The molecule has 2 aliphatic heterocycles. The van der Waals surface area contributed by atoms with Crippen LogP contribution in [0.15, 0.2) is 42.6 Å². The van der Waals surface area contributed by atoms with Gasteiger partial charge in [-0.05, 0) is 18.2 Å². The summed E-state index contributed by atoms with van der Waals surface area (Å²) in [5, 5.41) is 21.4. The zero-order valence-electron chi connectivity index (χ0n) is 10.6. The number of para-hydroxylation sites is 1. The largest absolute Gasteiger partial charge is 0.628 e. The number of hydrogen-bond donors (Lipinski definition) is 1. The fourth-order valence-electron chi connectivity index (χ4n) is 2.85. The van der Waals surface area contributed by atoms with Gasteiger partial charge in [-0.2, -0.15) is 0 Å². The topological polar surface area (TPSA) is 75.7 Å². The highest BCUT2D eigenvalue weighted by molar-refractivity contribution is 5.78. The first-order valence-corrected chi connectivity index (χ1v) is 6.39. The fourth-order valence-corrected chi connectivity index (χ4v) is 2.85. The number of nitrogens with zero attached hydrogens (tertiary/aromatic N) is 2. The van der Waals surface area contributed by atoms with E-state index in [-0.39, 0.29) is 11.2 Å². The quantitative estimate of drug-likeness (QED) is 0.642. The van der Waals surface area contributed by atoms with Gasteiger partial charge in [0.25, 0.3) is 0 Å². The highest BCUT2D eigenvalue weighted by Gasteiger charge is 2.59. The summed E-state index contributed by atoms with van der Waals surface area (Å²) >= 11 is 0. The predicted molar refractivity (Wildman–Crippen MR) is 72.6 cm³/mol. The normalized spacial score (nSPS) is 23.1. The highest BCUT2D eigenvalue weighted by Crippen LogP contribution is 2.54. The SMILES string of the molecule is [O-][NH+]([O-])c1cccc2c1N1CC1(c1ccccn1)CO2. The second-order valence-electron chi connectivity index (χ2n) is 5.06. The van der Waals surface area contributed by atoms with Crippen LogP contribution in [-0.2, 0) is 5.54 Å². The average Bonchev–Trinajstić information content (AvgIpc) is 3.24. The standard InChI is InChI=1S/C14H12N3O3/c18-17(19)10-4-3-5-11-13(10)16-8-14(16,9-20-11)12-6-1-2-7-15-12/h1-7,17H,8-9H2/q-1. The van der Waals surface area contributed by atoms with Gasteiger partial charge in [-0.15, -0.1) is 0 Å². The maximum Gasteiger partial charge on any atom is 0.158 e. The van der Waals surface area contributed by atoms with Crippen LogP contribution in [0.1, 0.15) is 5.69 Å². The number of aromatic nitrogens is 1. The number of hydrogen-bond acceptors (Lipinski definition) is 5. The van der Waals surface area contributed by atoms with Gasteiger partial charge >= 0.3 is 0 Å². The van der Waals surface area contributed by atoms with Gasteiger partial charge < -0.3 is 25.3 Å². The molecule has 6 heteroatoms. The predicted octanol–water partition coefficient (Wildman–Crippen LogP) is 0.702. The molecule has 1 atom stereocenters. The second kappa shape index (κ2) is 3.92. The highest BCUT2D eigenvalue weighted by atomic mass is 16.8. The van der Waals surface area contributed by atoms with Gasteiger partial charge in [0.05, 0.1) is 12.2 Å². The lowest BCUT2D eigenvalue weighted by atomic mass is 10.0. The number of ether oxygens (including phenoxy) is 1. The van der Waals surface area contributed by atoms with Crippen LogP contribution in [0.3, 0.4) is 0 Å². The van der Waals surface area contributed by atoms with Crippen molar-refractivity contribution in [3.05, 3.63) is 58.7 Å². The zero-order chi connectivity index (χ0) is 13.7. The first-order chi connectivity index (χ1) is 9.72. The smallest absolute Gasteiger partial charge is 0.158 e. The molecule has 0 bridgehead atoms. The van der Waals surface area contributed by atoms with Crippen molar-refractivity contribution in [3.63, 3.8) is 0 Å². The first-order valence-electron chi connectivity index (χ1n) is 6.39. The molecule has 1 N–H and O–H groups in total. The number of nitrogens with one attached hydrogen (secondary N) is 1. The molecule has 0 aliphatic carbocycles. The molecule has 4 rings (SSSR count). The minimum absolute atomic E-state index is 0.167. The molecule has 20 heavy (non-hydrogen) atoms. The van der Waals surface area contributed by atoms with E-state index in [1.54, 1.807) is 24.4 Å². The summed E-state index contributed by atoms with van der Waals surface area (Å²) in [6.07, 6.45) is 1.74. The molecular weight excluding hydrogens is 258 g/mol. The molecule has 0 spiro atoms. The third-order valence-corrected chi connectivity index (χ3v) is 3.93. The molecule has 0 amide bonds. The maximum atomic E-state index is 11.3. The van der Waals surface area contributed by atoms with E-state index in [9.17, 15) is 10.4 Å². The van der Waals surface area contributed by atoms with Crippen molar-refractivity contribution >= 4 is 11.4 Å². The Bertz CT molecular complexity index is 662. The molecule has 1 unspecified atom stereocenters. The lowest BCUT2D eigenvalue weighted by Crippen LogP contribution is -2.96. The Kier molecular flexibility index (Phi) is 2.29. The molecule has 2 aliphatic rings. The van der Waals surface area contributed by atoms with E-state index < -0.39 is 5.23 Å². The minimum Gasteiger partial charge on any atom is -0.628 e. The summed E-state index contributed by atoms with van der Waals surface area (Å²) in [6, 6.07) is 10.7. The van der Waals surface area contributed by atoms with Crippen molar-refractivity contribution in [2.24, 2.45) is 0 Å². The van der Waals surface area contributed by atoms with Crippen LogP contribution >= 0.6 is 0 Å². The van der Waals surface area contributed by atoms with Gasteiger partial charge in [0, 0.05) is 12.3 Å². The van der Waals surface area contributed by atoms with Gasteiger partial charge in [-0.25, -0.2) is 0 Å². The van der Waals surface area contributed by atoms with E-state index in [1.165, 1.54) is 0 Å². The van der Waals surface area contributed by atoms with E-state index in [0.29, 0.717) is 24.6 Å². The zero-order valence-corrected chi connectivity index (χ0v) is 10.6. The summed E-state index contributed by atoms with van der Waals surface area (Å²) < 4.78 is 5.75. The number of rotatable bonds is 2. The van der Waals surface area contributed by atoms with Crippen LogP contribution in [-0.4, -0.2) is 18.1 Å². The summed E-state index contributed by atoms with van der Waals surface area (Å²) in [7, 11) is 0. The number of pyridine rings is 1. The van der Waals surface area contributed by atoms with Crippen molar-refractivity contribution in [3.8, 4) is 5.75 Å². The first kappa shape index (κ1) is 11.7. The summed E-state index contributed by atoms with van der Waals surface area (Å²) in [4.78, 5) is 6.41. The molecule has 1 aromatic carbocycles. The monoisotopic (exact) mass is 270 g/mol. The molecule has 0 saturated carbocycles.